The van der Waals surface area contributed by atoms with Crippen LogP contribution in [0.3, 0.4) is 0 Å². The maximum Gasteiger partial charge on any atom is 0.345 e. The van der Waals surface area contributed by atoms with Crippen LogP contribution in [0, 0.1) is 5.82 Å². The summed E-state index contributed by atoms with van der Waals surface area (Å²) in [5.41, 5.74) is -0.518. The van der Waals surface area contributed by atoms with Crippen molar-refractivity contribution in [3.63, 3.8) is 0 Å². The smallest absolute Gasteiger partial charge is 0.345 e. The molecule has 0 saturated carbocycles. The number of ether oxygens (including phenoxy) is 2. The molecule has 0 heterocycles. The minimum absolute atomic E-state index is 0.118. The summed E-state index contributed by atoms with van der Waals surface area (Å²) in [4.78, 5) is 23.8. The molecule has 1 rings (SSSR count). The first-order valence-corrected chi connectivity index (χ1v) is 5.89. The molecule has 0 radical (unpaired) electrons. The first-order chi connectivity index (χ1) is 9.11. The summed E-state index contributed by atoms with van der Waals surface area (Å²) in [5, 5.41) is 0. The molecule has 0 amide bonds. The van der Waals surface area contributed by atoms with Gasteiger partial charge in [-0.1, -0.05) is 12.1 Å². The Labute approximate surface area is 110 Å². The average molecular weight is 266 g/mol. The van der Waals surface area contributed by atoms with Gasteiger partial charge in [-0.2, -0.15) is 0 Å². The van der Waals surface area contributed by atoms with Crippen LogP contribution < -0.4 is 0 Å². The summed E-state index contributed by atoms with van der Waals surface area (Å²) in [7, 11) is 0. The van der Waals surface area contributed by atoms with Crippen LogP contribution in [0.5, 0.6) is 0 Å². The van der Waals surface area contributed by atoms with Gasteiger partial charge < -0.3 is 9.47 Å². The molecule has 19 heavy (non-hydrogen) atoms. The van der Waals surface area contributed by atoms with Gasteiger partial charge in [-0.05, 0) is 26.0 Å². The van der Waals surface area contributed by atoms with E-state index in [-0.39, 0.29) is 24.4 Å². The molecule has 0 spiro atoms. The fourth-order valence-corrected chi connectivity index (χ4v) is 1.36. The number of halogens is 1. The summed E-state index contributed by atoms with van der Waals surface area (Å²) >= 11 is 0. The van der Waals surface area contributed by atoms with Crippen molar-refractivity contribution in [1.29, 1.82) is 0 Å². The molecule has 1 aromatic rings. The van der Waals surface area contributed by atoms with Gasteiger partial charge in [-0.3, -0.25) is 4.79 Å². The molecular formula is C14H15FO4. The van der Waals surface area contributed by atoms with E-state index in [0.29, 0.717) is 0 Å². The zero-order valence-corrected chi connectivity index (χ0v) is 10.8. The Morgan fingerprint density at radius 1 is 1.21 bits per heavy atom. The first kappa shape index (κ1) is 14.9. The average Bonchev–Trinajstić information content (AvgIpc) is 2.39. The maximum atomic E-state index is 13.5. The molecule has 0 saturated heterocycles. The van der Waals surface area contributed by atoms with Gasteiger partial charge in [0.05, 0.1) is 18.8 Å². The number of rotatable bonds is 6. The van der Waals surface area contributed by atoms with Crippen LogP contribution >= 0.6 is 0 Å². The Bertz CT molecular complexity index is 494. The van der Waals surface area contributed by atoms with Crippen LogP contribution in [-0.2, 0) is 14.3 Å². The number of Topliss-reactive ketones (excluding diaryl/α,β-unsaturated/α-hetero) is 1. The summed E-state index contributed by atoms with van der Waals surface area (Å²) in [6.45, 7) is 3.72. The normalized spacial score (nSPS) is 11.0. The summed E-state index contributed by atoms with van der Waals surface area (Å²) < 4.78 is 23.2. The Balaban J connectivity index is 3.08. The van der Waals surface area contributed by atoms with Gasteiger partial charge in [0.25, 0.3) is 0 Å². The molecule has 1 aromatic carbocycles. The van der Waals surface area contributed by atoms with E-state index in [1.54, 1.807) is 13.8 Å². The van der Waals surface area contributed by atoms with Crippen molar-refractivity contribution in [3.8, 4) is 0 Å². The number of benzene rings is 1. The lowest BCUT2D eigenvalue weighted by molar-refractivity contribution is -0.138. The second-order valence-corrected chi connectivity index (χ2v) is 3.52. The van der Waals surface area contributed by atoms with Gasteiger partial charge in [-0.25, -0.2) is 9.18 Å². The van der Waals surface area contributed by atoms with Crippen molar-refractivity contribution in [1.82, 2.24) is 0 Å². The Morgan fingerprint density at radius 3 is 2.47 bits per heavy atom. The summed E-state index contributed by atoms with van der Waals surface area (Å²) in [6.07, 6.45) is 1.01. The van der Waals surface area contributed by atoms with Gasteiger partial charge in [0.1, 0.15) is 17.7 Å². The number of carbonyl (C=O) groups is 2. The highest BCUT2D eigenvalue weighted by molar-refractivity contribution is 6.24. The predicted molar refractivity (Wildman–Crippen MR) is 67.1 cm³/mol. The Morgan fingerprint density at radius 2 is 1.89 bits per heavy atom. The van der Waals surface area contributed by atoms with Crippen molar-refractivity contribution < 1.29 is 23.5 Å². The third-order valence-electron chi connectivity index (χ3n) is 2.23. The highest BCUT2D eigenvalue weighted by Gasteiger charge is 2.24. The van der Waals surface area contributed by atoms with E-state index in [1.807, 2.05) is 0 Å². The molecule has 0 aliphatic rings. The number of hydrogen-bond donors (Lipinski definition) is 0. The largest absolute Gasteiger partial charge is 0.500 e. The molecule has 0 bridgehead atoms. The third kappa shape index (κ3) is 3.91. The topological polar surface area (TPSA) is 52.6 Å². The standard InChI is InChI=1S/C14H15FO4/c1-3-18-9-11(14(17)19-4-2)13(16)10-7-5-6-8-12(10)15/h5-9H,3-4H2,1-2H3. The fraction of sp³-hybridized carbons (Fsp3) is 0.286. The van der Waals surface area contributed by atoms with Gasteiger partial charge in [0, 0.05) is 0 Å². The monoisotopic (exact) mass is 266 g/mol. The van der Waals surface area contributed by atoms with E-state index in [2.05, 4.69) is 0 Å². The number of esters is 1. The van der Waals surface area contributed by atoms with Gasteiger partial charge >= 0.3 is 5.97 Å². The summed E-state index contributed by atoms with van der Waals surface area (Å²) in [6, 6.07) is 5.43. The number of carbonyl (C=O) groups excluding carboxylic acids is 2. The van der Waals surface area contributed by atoms with Crippen LogP contribution in [-0.4, -0.2) is 25.0 Å². The maximum absolute atomic E-state index is 13.5. The molecule has 0 N–H and O–H groups in total. The van der Waals surface area contributed by atoms with Gasteiger partial charge in [0.15, 0.2) is 0 Å². The zero-order chi connectivity index (χ0) is 14.3. The van der Waals surface area contributed by atoms with E-state index in [0.717, 1.165) is 12.3 Å². The first-order valence-electron chi connectivity index (χ1n) is 5.89. The quantitative estimate of drug-likeness (QED) is 0.198. The summed E-state index contributed by atoms with van der Waals surface area (Å²) in [5.74, 6) is -2.28. The third-order valence-corrected chi connectivity index (χ3v) is 2.23. The van der Waals surface area contributed by atoms with E-state index in [4.69, 9.17) is 9.47 Å². The lowest BCUT2D eigenvalue weighted by Crippen LogP contribution is -2.17. The molecule has 0 aliphatic carbocycles. The molecule has 4 nitrogen and oxygen atoms in total. The number of ketones is 1. The van der Waals surface area contributed by atoms with E-state index < -0.39 is 17.6 Å². The predicted octanol–water partition coefficient (Wildman–Crippen LogP) is 2.49. The minimum atomic E-state index is -0.829. The molecule has 102 valence electrons. The second kappa shape index (κ2) is 7.31. The van der Waals surface area contributed by atoms with Crippen LogP contribution in [0.15, 0.2) is 36.1 Å². The fourth-order valence-electron chi connectivity index (χ4n) is 1.36. The molecule has 0 aromatic heterocycles. The SMILES string of the molecule is CCOC=C(C(=O)OCC)C(=O)c1ccccc1F. The lowest BCUT2D eigenvalue weighted by Gasteiger charge is -2.07. The van der Waals surface area contributed by atoms with E-state index >= 15 is 0 Å². The van der Waals surface area contributed by atoms with E-state index in [9.17, 15) is 14.0 Å². The molecule has 0 fully saturated rings. The van der Waals surface area contributed by atoms with Crippen molar-refractivity contribution in [2.75, 3.05) is 13.2 Å². The Kier molecular flexibility index (Phi) is 5.73. The highest BCUT2D eigenvalue weighted by atomic mass is 19.1. The molecule has 0 unspecified atom stereocenters. The number of hydrogen-bond acceptors (Lipinski definition) is 4. The molecule has 0 atom stereocenters. The van der Waals surface area contributed by atoms with Gasteiger partial charge in [0.2, 0.25) is 5.78 Å². The van der Waals surface area contributed by atoms with Crippen LogP contribution in [0.4, 0.5) is 4.39 Å². The van der Waals surface area contributed by atoms with Crippen LogP contribution in [0.1, 0.15) is 24.2 Å². The van der Waals surface area contributed by atoms with Crippen LogP contribution in [0.25, 0.3) is 0 Å². The van der Waals surface area contributed by atoms with Gasteiger partial charge in [-0.15, -0.1) is 0 Å². The van der Waals surface area contributed by atoms with Crippen molar-refractivity contribution in [2.45, 2.75) is 13.8 Å². The lowest BCUT2D eigenvalue weighted by atomic mass is 10.0. The molecule has 5 heteroatoms. The highest BCUT2D eigenvalue weighted by Crippen LogP contribution is 2.14. The zero-order valence-electron chi connectivity index (χ0n) is 10.8. The van der Waals surface area contributed by atoms with Crippen molar-refractivity contribution in [3.05, 3.63) is 47.5 Å². The minimum Gasteiger partial charge on any atom is -0.500 e. The molecule has 0 aliphatic heterocycles. The second-order valence-electron chi connectivity index (χ2n) is 3.52. The van der Waals surface area contributed by atoms with Crippen molar-refractivity contribution >= 4 is 11.8 Å². The van der Waals surface area contributed by atoms with Crippen LogP contribution in [0.2, 0.25) is 0 Å². The van der Waals surface area contributed by atoms with E-state index in [1.165, 1.54) is 18.2 Å². The molecular weight excluding hydrogens is 251 g/mol. The Hall–Kier alpha value is -2.17. The van der Waals surface area contributed by atoms with Crippen molar-refractivity contribution in [2.24, 2.45) is 0 Å².